The van der Waals surface area contributed by atoms with E-state index in [9.17, 15) is 13.2 Å². The van der Waals surface area contributed by atoms with E-state index >= 15 is 0 Å². The highest BCUT2D eigenvalue weighted by Crippen LogP contribution is 2.33. The molecular formula is C14H12F3NO. The summed E-state index contributed by atoms with van der Waals surface area (Å²) in [5.41, 5.74) is 0.755. The molecule has 1 aromatic carbocycles. The van der Waals surface area contributed by atoms with Crippen LogP contribution in [-0.4, -0.2) is 12.1 Å². The van der Waals surface area contributed by atoms with Crippen LogP contribution in [0.2, 0.25) is 0 Å². The summed E-state index contributed by atoms with van der Waals surface area (Å²) in [6, 6.07) is 7.29. The SMILES string of the molecule is COc1cc(Cc2ccncc2)cc(C(F)(F)F)c1. The van der Waals surface area contributed by atoms with Crippen molar-refractivity contribution >= 4 is 0 Å². The van der Waals surface area contributed by atoms with Gasteiger partial charge in [-0.25, -0.2) is 0 Å². The standard InChI is InChI=1S/C14H12F3NO/c1-19-13-8-11(6-10-2-4-18-5-3-10)7-12(9-13)14(15,16)17/h2-5,7-9H,6H2,1H3. The Morgan fingerprint density at radius 2 is 1.74 bits per heavy atom. The van der Waals surface area contributed by atoms with E-state index in [0.717, 1.165) is 17.7 Å². The Morgan fingerprint density at radius 3 is 2.32 bits per heavy atom. The largest absolute Gasteiger partial charge is 0.497 e. The average molecular weight is 267 g/mol. The van der Waals surface area contributed by atoms with Gasteiger partial charge < -0.3 is 4.74 Å². The Hall–Kier alpha value is -2.04. The van der Waals surface area contributed by atoms with Crippen molar-refractivity contribution in [1.29, 1.82) is 0 Å². The third kappa shape index (κ3) is 3.47. The molecule has 100 valence electrons. The molecule has 0 saturated carbocycles. The van der Waals surface area contributed by atoms with Crippen LogP contribution in [0, 0.1) is 0 Å². The number of ether oxygens (including phenoxy) is 1. The lowest BCUT2D eigenvalue weighted by atomic mass is 10.0. The summed E-state index contributed by atoms with van der Waals surface area (Å²) in [7, 11) is 1.35. The van der Waals surface area contributed by atoms with Crippen LogP contribution in [0.25, 0.3) is 0 Å². The van der Waals surface area contributed by atoms with E-state index in [4.69, 9.17) is 4.74 Å². The van der Waals surface area contributed by atoms with Crippen molar-refractivity contribution < 1.29 is 17.9 Å². The Bertz CT molecular complexity index is 552. The Morgan fingerprint density at radius 1 is 1.05 bits per heavy atom. The van der Waals surface area contributed by atoms with Crippen LogP contribution in [0.15, 0.2) is 42.7 Å². The molecule has 2 rings (SSSR count). The van der Waals surface area contributed by atoms with Crippen molar-refractivity contribution in [3.8, 4) is 5.75 Å². The van der Waals surface area contributed by atoms with Crippen LogP contribution in [0.4, 0.5) is 13.2 Å². The first-order valence-electron chi connectivity index (χ1n) is 5.63. The van der Waals surface area contributed by atoms with Crippen molar-refractivity contribution in [1.82, 2.24) is 4.98 Å². The van der Waals surface area contributed by atoms with E-state index in [0.29, 0.717) is 12.0 Å². The second-order valence-corrected chi connectivity index (χ2v) is 4.10. The molecule has 0 aliphatic carbocycles. The van der Waals surface area contributed by atoms with Gasteiger partial charge in [-0.05, 0) is 47.9 Å². The summed E-state index contributed by atoms with van der Waals surface area (Å²) in [6.07, 6.45) is -0.745. The van der Waals surface area contributed by atoms with Gasteiger partial charge in [-0.3, -0.25) is 4.98 Å². The summed E-state index contributed by atoms with van der Waals surface area (Å²) >= 11 is 0. The maximum Gasteiger partial charge on any atom is 0.416 e. The normalized spacial score (nSPS) is 11.4. The van der Waals surface area contributed by atoms with Crippen molar-refractivity contribution in [2.75, 3.05) is 7.11 Å². The van der Waals surface area contributed by atoms with Gasteiger partial charge in [-0.15, -0.1) is 0 Å². The lowest BCUT2D eigenvalue weighted by Crippen LogP contribution is -2.06. The maximum absolute atomic E-state index is 12.8. The van der Waals surface area contributed by atoms with Crippen LogP contribution < -0.4 is 4.74 Å². The van der Waals surface area contributed by atoms with E-state index in [1.54, 1.807) is 30.6 Å². The van der Waals surface area contributed by atoms with Gasteiger partial charge in [-0.1, -0.05) is 0 Å². The fourth-order valence-electron chi connectivity index (χ4n) is 1.78. The van der Waals surface area contributed by atoms with E-state index in [2.05, 4.69) is 4.98 Å². The minimum Gasteiger partial charge on any atom is -0.497 e. The summed E-state index contributed by atoms with van der Waals surface area (Å²) < 4.78 is 43.2. The third-order valence-corrected chi connectivity index (χ3v) is 2.69. The zero-order valence-corrected chi connectivity index (χ0v) is 10.2. The molecule has 0 aliphatic heterocycles. The van der Waals surface area contributed by atoms with Gasteiger partial charge in [0.25, 0.3) is 0 Å². The number of methoxy groups -OCH3 is 1. The van der Waals surface area contributed by atoms with E-state index in [1.165, 1.54) is 7.11 Å². The molecule has 0 fully saturated rings. The predicted molar refractivity (Wildman–Crippen MR) is 65.0 cm³/mol. The number of halogens is 3. The van der Waals surface area contributed by atoms with Crippen LogP contribution in [-0.2, 0) is 12.6 Å². The molecule has 0 N–H and O–H groups in total. The van der Waals surface area contributed by atoms with Gasteiger partial charge in [0.1, 0.15) is 5.75 Å². The molecule has 2 nitrogen and oxygen atoms in total. The molecule has 0 atom stereocenters. The Kier molecular flexibility index (Phi) is 3.74. The van der Waals surface area contributed by atoms with Crippen LogP contribution in [0.1, 0.15) is 16.7 Å². The topological polar surface area (TPSA) is 22.1 Å². The summed E-state index contributed by atoms with van der Waals surface area (Å²) in [5, 5.41) is 0. The van der Waals surface area contributed by atoms with Crippen molar-refractivity contribution in [3.05, 3.63) is 59.4 Å². The average Bonchev–Trinajstić information content (AvgIpc) is 2.38. The first kappa shape index (κ1) is 13.4. The van der Waals surface area contributed by atoms with Gasteiger partial charge >= 0.3 is 6.18 Å². The number of alkyl halides is 3. The molecule has 0 unspecified atom stereocenters. The lowest BCUT2D eigenvalue weighted by Gasteiger charge is -2.11. The quantitative estimate of drug-likeness (QED) is 0.846. The molecule has 1 aromatic heterocycles. The summed E-state index contributed by atoms with van der Waals surface area (Å²) in [5.74, 6) is 0.207. The molecular weight excluding hydrogens is 255 g/mol. The highest BCUT2D eigenvalue weighted by molar-refractivity contribution is 5.38. The first-order chi connectivity index (χ1) is 8.99. The molecule has 0 amide bonds. The van der Waals surface area contributed by atoms with Crippen LogP contribution in [0.5, 0.6) is 5.75 Å². The number of hydrogen-bond donors (Lipinski definition) is 0. The number of nitrogens with zero attached hydrogens (tertiary/aromatic N) is 1. The van der Waals surface area contributed by atoms with Gasteiger partial charge in [0, 0.05) is 12.4 Å². The van der Waals surface area contributed by atoms with Crippen molar-refractivity contribution in [2.45, 2.75) is 12.6 Å². The number of hydrogen-bond acceptors (Lipinski definition) is 2. The highest BCUT2D eigenvalue weighted by Gasteiger charge is 2.31. The number of aromatic nitrogens is 1. The maximum atomic E-state index is 12.8. The van der Waals surface area contributed by atoms with Gasteiger partial charge in [0.05, 0.1) is 12.7 Å². The fourth-order valence-corrected chi connectivity index (χ4v) is 1.78. The Labute approximate surface area is 108 Å². The molecule has 0 saturated heterocycles. The zero-order chi connectivity index (χ0) is 13.9. The third-order valence-electron chi connectivity index (χ3n) is 2.69. The number of pyridine rings is 1. The van der Waals surface area contributed by atoms with Crippen LogP contribution >= 0.6 is 0 Å². The van der Waals surface area contributed by atoms with Crippen molar-refractivity contribution in [2.24, 2.45) is 0 Å². The molecule has 19 heavy (non-hydrogen) atoms. The van der Waals surface area contributed by atoms with Crippen molar-refractivity contribution in [3.63, 3.8) is 0 Å². The fraction of sp³-hybridized carbons (Fsp3) is 0.214. The van der Waals surface area contributed by atoms with Gasteiger partial charge in [0.2, 0.25) is 0 Å². The molecule has 0 aliphatic rings. The second-order valence-electron chi connectivity index (χ2n) is 4.10. The van der Waals surface area contributed by atoms with E-state index in [1.807, 2.05) is 0 Å². The predicted octanol–water partition coefficient (Wildman–Crippen LogP) is 3.70. The molecule has 0 bridgehead atoms. The van der Waals surface area contributed by atoms with Crippen LogP contribution in [0.3, 0.4) is 0 Å². The van der Waals surface area contributed by atoms with Gasteiger partial charge in [-0.2, -0.15) is 13.2 Å². The van der Waals surface area contributed by atoms with Gasteiger partial charge in [0.15, 0.2) is 0 Å². The number of benzene rings is 1. The minimum absolute atomic E-state index is 0.207. The molecule has 2 aromatic rings. The summed E-state index contributed by atoms with van der Waals surface area (Å²) in [6.45, 7) is 0. The second kappa shape index (κ2) is 5.30. The molecule has 0 spiro atoms. The van der Waals surface area contributed by atoms with E-state index < -0.39 is 11.7 Å². The zero-order valence-electron chi connectivity index (χ0n) is 10.2. The number of rotatable bonds is 3. The smallest absolute Gasteiger partial charge is 0.416 e. The molecule has 1 heterocycles. The molecule has 5 heteroatoms. The minimum atomic E-state index is -4.37. The van der Waals surface area contributed by atoms with E-state index in [-0.39, 0.29) is 5.75 Å². The first-order valence-corrected chi connectivity index (χ1v) is 5.63. The Balaban J connectivity index is 2.35. The molecule has 0 radical (unpaired) electrons. The highest BCUT2D eigenvalue weighted by atomic mass is 19.4. The summed E-state index contributed by atoms with van der Waals surface area (Å²) in [4.78, 5) is 3.87. The monoisotopic (exact) mass is 267 g/mol. The lowest BCUT2D eigenvalue weighted by molar-refractivity contribution is -0.137.